The first-order valence-corrected chi connectivity index (χ1v) is 6.74. The van der Waals surface area contributed by atoms with E-state index in [1.54, 1.807) is 6.07 Å². The number of aromatic amines is 1. The number of nitrogens with one attached hydrogen (secondary N) is 1. The van der Waals surface area contributed by atoms with E-state index in [4.69, 9.17) is 22.2 Å². The van der Waals surface area contributed by atoms with Crippen molar-refractivity contribution in [3.63, 3.8) is 0 Å². The third-order valence-corrected chi connectivity index (χ3v) is 4.46. The van der Waals surface area contributed by atoms with Crippen molar-refractivity contribution in [1.29, 1.82) is 5.26 Å². The highest BCUT2D eigenvalue weighted by molar-refractivity contribution is 7.71. The van der Waals surface area contributed by atoms with E-state index >= 15 is 0 Å². The van der Waals surface area contributed by atoms with Gasteiger partial charge in [0.2, 0.25) is 0 Å². The zero-order valence-corrected chi connectivity index (χ0v) is 11.8. The molecule has 0 radical (unpaired) electrons. The monoisotopic (exact) mass is 273 g/mol. The molecule has 2 unspecified atom stereocenters. The van der Waals surface area contributed by atoms with Gasteiger partial charge in [-0.1, -0.05) is 0 Å². The number of nitrogens with zero attached hydrogens (tertiary/aromatic N) is 2. The molecule has 19 heavy (non-hydrogen) atoms. The van der Waals surface area contributed by atoms with Gasteiger partial charge in [-0.05, 0) is 50.7 Å². The largest absolute Gasteiger partial charge is 0.376 e. The van der Waals surface area contributed by atoms with Gasteiger partial charge in [0.25, 0.3) is 0 Å². The summed E-state index contributed by atoms with van der Waals surface area (Å²) in [6, 6.07) is 7.77. The molecule has 1 saturated heterocycles. The van der Waals surface area contributed by atoms with Gasteiger partial charge in [0, 0.05) is 6.61 Å². The summed E-state index contributed by atoms with van der Waals surface area (Å²) >= 11 is 5.46. The zero-order chi connectivity index (χ0) is 13.6. The van der Waals surface area contributed by atoms with Crippen molar-refractivity contribution in [3.05, 3.63) is 28.5 Å². The van der Waals surface area contributed by atoms with Gasteiger partial charge in [-0.25, -0.2) is 0 Å². The molecule has 2 atom stereocenters. The Hall–Kier alpha value is -1.64. The molecule has 0 amide bonds. The summed E-state index contributed by atoms with van der Waals surface area (Å²) in [6.07, 6.45) is 1.02. The molecule has 0 aliphatic carbocycles. The van der Waals surface area contributed by atoms with Crippen molar-refractivity contribution in [1.82, 2.24) is 9.55 Å². The maximum Gasteiger partial charge on any atom is 0.178 e. The molecule has 0 saturated carbocycles. The normalized spacial score (nSPS) is 26.7. The predicted octanol–water partition coefficient (Wildman–Crippen LogP) is 3.09. The van der Waals surface area contributed by atoms with Crippen molar-refractivity contribution in [3.8, 4) is 6.07 Å². The van der Waals surface area contributed by atoms with E-state index in [1.165, 1.54) is 0 Å². The number of hydrogen-bond donors (Lipinski definition) is 1. The number of H-pyrrole nitrogens is 1. The second kappa shape index (κ2) is 4.19. The molecule has 1 aliphatic heterocycles. The predicted molar refractivity (Wildman–Crippen MR) is 75.5 cm³/mol. The lowest BCUT2D eigenvalue weighted by atomic mass is 9.94. The van der Waals surface area contributed by atoms with E-state index in [0.717, 1.165) is 24.1 Å². The molecule has 2 heterocycles. The lowest BCUT2D eigenvalue weighted by Crippen LogP contribution is -2.36. The van der Waals surface area contributed by atoms with Gasteiger partial charge in [0.1, 0.15) is 0 Å². The highest BCUT2D eigenvalue weighted by Gasteiger charge is 2.40. The fourth-order valence-corrected chi connectivity index (χ4v) is 3.22. The minimum Gasteiger partial charge on any atom is -0.376 e. The molecule has 0 spiro atoms. The second-order valence-electron chi connectivity index (χ2n) is 5.23. The lowest BCUT2D eigenvalue weighted by Gasteiger charge is -2.30. The highest BCUT2D eigenvalue weighted by atomic mass is 32.1. The van der Waals surface area contributed by atoms with Gasteiger partial charge in [-0.15, -0.1) is 0 Å². The number of ether oxygens (including phenoxy) is 1. The first-order valence-electron chi connectivity index (χ1n) is 6.33. The van der Waals surface area contributed by atoms with Crippen LogP contribution in [0.5, 0.6) is 0 Å². The number of hydrogen-bond acceptors (Lipinski definition) is 3. The van der Waals surface area contributed by atoms with Gasteiger partial charge >= 0.3 is 0 Å². The maximum atomic E-state index is 9.06. The molecule has 4 nitrogen and oxygen atoms in total. The topological polar surface area (TPSA) is 53.7 Å². The molecule has 1 aromatic carbocycles. The van der Waals surface area contributed by atoms with Gasteiger partial charge in [-0.2, -0.15) is 5.26 Å². The van der Waals surface area contributed by atoms with Crippen LogP contribution < -0.4 is 0 Å². The lowest BCUT2D eigenvalue weighted by molar-refractivity contribution is 0.0770. The molecule has 3 rings (SSSR count). The molecule has 2 aromatic rings. The van der Waals surface area contributed by atoms with Crippen LogP contribution >= 0.6 is 12.2 Å². The summed E-state index contributed by atoms with van der Waals surface area (Å²) in [7, 11) is 0. The summed E-state index contributed by atoms with van der Waals surface area (Å²) in [5.41, 5.74) is 2.42. The first-order chi connectivity index (χ1) is 9.06. The zero-order valence-electron chi connectivity index (χ0n) is 10.9. The Kier molecular flexibility index (Phi) is 2.73. The van der Waals surface area contributed by atoms with E-state index in [2.05, 4.69) is 29.5 Å². The van der Waals surface area contributed by atoms with E-state index in [1.807, 2.05) is 12.1 Å². The summed E-state index contributed by atoms with van der Waals surface area (Å²) in [4.78, 5) is 3.21. The fourth-order valence-electron chi connectivity index (χ4n) is 2.80. The van der Waals surface area contributed by atoms with Gasteiger partial charge in [0.15, 0.2) is 4.77 Å². The Balaban J connectivity index is 2.31. The van der Waals surface area contributed by atoms with Gasteiger partial charge < -0.3 is 14.3 Å². The van der Waals surface area contributed by atoms with Crippen LogP contribution in [0.25, 0.3) is 11.0 Å². The van der Waals surface area contributed by atoms with Crippen molar-refractivity contribution in [2.75, 3.05) is 6.61 Å². The van der Waals surface area contributed by atoms with Crippen molar-refractivity contribution < 1.29 is 4.74 Å². The number of aromatic nitrogens is 2. The molecule has 1 fully saturated rings. The molecule has 1 aliphatic rings. The third-order valence-electron chi connectivity index (χ3n) is 4.18. The Bertz CT molecular complexity index is 739. The Labute approximate surface area is 116 Å². The quantitative estimate of drug-likeness (QED) is 0.812. The number of rotatable bonds is 1. The number of benzene rings is 1. The summed E-state index contributed by atoms with van der Waals surface area (Å²) in [6.45, 7) is 4.97. The Morgan fingerprint density at radius 3 is 3.00 bits per heavy atom. The Morgan fingerprint density at radius 2 is 2.37 bits per heavy atom. The van der Waals surface area contributed by atoms with Crippen LogP contribution in [-0.4, -0.2) is 22.3 Å². The van der Waals surface area contributed by atoms with Crippen LogP contribution in [0, 0.1) is 16.1 Å². The molecule has 1 aromatic heterocycles. The smallest absolute Gasteiger partial charge is 0.178 e. The molecule has 98 valence electrons. The van der Waals surface area contributed by atoms with Crippen LogP contribution in [-0.2, 0) is 10.3 Å². The molecule has 5 heteroatoms. The van der Waals surface area contributed by atoms with E-state index in [9.17, 15) is 0 Å². The number of nitriles is 1. The maximum absolute atomic E-state index is 9.06. The second-order valence-corrected chi connectivity index (χ2v) is 5.62. The van der Waals surface area contributed by atoms with Crippen LogP contribution in [0.3, 0.4) is 0 Å². The van der Waals surface area contributed by atoms with Gasteiger partial charge in [0.05, 0.1) is 34.3 Å². The molecule has 1 N–H and O–H groups in total. The van der Waals surface area contributed by atoms with Crippen molar-refractivity contribution in [2.45, 2.75) is 31.9 Å². The average Bonchev–Trinajstić information content (AvgIpc) is 2.89. The summed E-state index contributed by atoms with van der Waals surface area (Å²) in [5.74, 6) is 0. The fraction of sp³-hybridized carbons (Fsp3) is 0.429. The third kappa shape index (κ3) is 1.71. The average molecular weight is 273 g/mol. The van der Waals surface area contributed by atoms with E-state index < -0.39 is 0 Å². The van der Waals surface area contributed by atoms with E-state index in [0.29, 0.717) is 10.3 Å². The van der Waals surface area contributed by atoms with Gasteiger partial charge in [-0.3, -0.25) is 0 Å². The van der Waals surface area contributed by atoms with Crippen molar-refractivity contribution >= 4 is 23.3 Å². The minimum absolute atomic E-state index is 0.101. The highest BCUT2D eigenvalue weighted by Crippen LogP contribution is 2.36. The standard InChI is InChI=1S/C14H15N3OS/c1-9-14(2,5-6-18-9)17-12-7-10(8-15)3-4-11(12)16-13(17)19/h3-4,7,9H,5-6H2,1-2H3,(H,16,19). The van der Waals surface area contributed by atoms with Crippen LogP contribution in [0.2, 0.25) is 0 Å². The van der Waals surface area contributed by atoms with Crippen LogP contribution in [0.1, 0.15) is 25.8 Å². The first kappa shape index (κ1) is 12.4. The number of fused-ring (bicyclic) bond motifs is 1. The SMILES string of the molecule is CC1OCCC1(C)n1c(=S)[nH]c2ccc(C#N)cc21. The van der Waals surface area contributed by atoms with Crippen LogP contribution in [0.15, 0.2) is 18.2 Å². The molecule has 0 bridgehead atoms. The Morgan fingerprint density at radius 1 is 1.58 bits per heavy atom. The summed E-state index contributed by atoms with van der Waals surface area (Å²) in [5, 5.41) is 9.06. The summed E-state index contributed by atoms with van der Waals surface area (Å²) < 4.78 is 8.50. The molecular weight excluding hydrogens is 258 g/mol. The van der Waals surface area contributed by atoms with Crippen LogP contribution in [0.4, 0.5) is 0 Å². The number of imidazole rings is 1. The minimum atomic E-state index is -0.163. The van der Waals surface area contributed by atoms with Crippen molar-refractivity contribution in [2.24, 2.45) is 0 Å². The molecular formula is C14H15N3OS. The van der Waals surface area contributed by atoms with E-state index in [-0.39, 0.29) is 11.6 Å².